The highest BCUT2D eigenvalue weighted by Crippen LogP contribution is 2.28. The summed E-state index contributed by atoms with van der Waals surface area (Å²) in [5, 5.41) is 13.5. The van der Waals surface area contributed by atoms with Gasteiger partial charge in [0.2, 0.25) is 5.91 Å². The highest BCUT2D eigenvalue weighted by molar-refractivity contribution is 5.87. The van der Waals surface area contributed by atoms with E-state index in [1.807, 2.05) is 44.0 Å². The number of anilines is 1. The Morgan fingerprint density at radius 1 is 1.05 bits per heavy atom. The smallest absolute Gasteiger partial charge is 0.257 e. The topological polar surface area (TPSA) is 107 Å². The predicted octanol–water partition coefficient (Wildman–Crippen LogP) is 3.65. The van der Waals surface area contributed by atoms with Crippen molar-refractivity contribution in [1.29, 1.82) is 0 Å². The van der Waals surface area contributed by atoms with Gasteiger partial charge in [-0.1, -0.05) is 31.1 Å². The number of aryl methyl sites for hydroxylation is 2. The number of likely N-dealkylation sites (N-methyl/N-ethyl adjacent to an activating group) is 1. The van der Waals surface area contributed by atoms with Crippen molar-refractivity contribution in [3.05, 3.63) is 64.7 Å². The van der Waals surface area contributed by atoms with Gasteiger partial charge in [-0.25, -0.2) is 9.40 Å². The number of hydrazine groups is 1. The highest BCUT2D eigenvalue weighted by atomic mass is 35.5. The van der Waals surface area contributed by atoms with E-state index in [2.05, 4.69) is 20.8 Å². The molecule has 0 fully saturated rings. The van der Waals surface area contributed by atoms with E-state index in [1.165, 1.54) is 12.1 Å². The zero-order valence-electron chi connectivity index (χ0n) is 23.9. The Labute approximate surface area is 252 Å². The second-order valence-electron chi connectivity index (χ2n) is 10.1. The van der Waals surface area contributed by atoms with E-state index >= 15 is 0 Å². The number of nitrogens with zero attached hydrogens (tertiary/aromatic N) is 5. The van der Waals surface area contributed by atoms with Crippen molar-refractivity contribution >= 4 is 42.3 Å². The van der Waals surface area contributed by atoms with Crippen LogP contribution in [0.4, 0.5) is 10.1 Å². The van der Waals surface area contributed by atoms with Crippen LogP contribution in [0.2, 0.25) is 0 Å². The van der Waals surface area contributed by atoms with Crippen LogP contribution in [-0.4, -0.2) is 71.2 Å². The summed E-state index contributed by atoms with van der Waals surface area (Å²) in [6.07, 6.45) is 0. The lowest BCUT2D eigenvalue weighted by Crippen LogP contribution is -2.48. The van der Waals surface area contributed by atoms with Crippen LogP contribution in [0.5, 0.6) is 0 Å². The molecule has 0 bridgehead atoms. The van der Waals surface area contributed by atoms with Gasteiger partial charge < -0.3 is 20.1 Å². The van der Waals surface area contributed by atoms with Gasteiger partial charge in [0.15, 0.2) is 5.82 Å². The quantitative estimate of drug-likeness (QED) is 0.317. The Balaban J connectivity index is 0.00000294. The molecule has 10 nitrogen and oxygen atoms in total. The number of rotatable bonds is 11. The molecule has 41 heavy (non-hydrogen) atoms. The lowest BCUT2D eigenvalue weighted by atomic mass is 10.1. The highest BCUT2D eigenvalue weighted by Gasteiger charge is 2.27. The zero-order valence-corrected chi connectivity index (χ0v) is 25.6. The van der Waals surface area contributed by atoms with Crippen LogP contribution in [0.3, 0.4) is 0 Å². The molecule has 0 saturated carbocycles. The molecule has 2 amide bonds. The molecule has 1 aromatic heterocycles. The maximum absolute atomic E-state index is 13.7. The summed E-state index contributed by atoms with van der Waals surface area (Å²) >= 11 is 0. The fraction of sp³-hybridized carbons (Fsp3) is 0.429. The second kappa shape index (κ2) is 15.1. The van der Waals surface area contributed by atoms with Crippen molar-refractivity contribution in [3.8, 4) is 11.5 Å². The van der Waals surface area contributed by atoms with Crippen LogP contribution in [-0.2, 0) is 22.7 Å². The minimum atomic E-state index is -0.294. The third-order valence-electron chi connectivity index (χ3n) is 6.64. The summed E-state index contributed by atoms with van der Waals surface area (Å²) in [7, 11) is 1.70. The molecular weight excluding hydrogens is 572 g/mol. The summed E-state index contributed by atoms with van der Waals surface area (Å²) in [5.41, 5.74) is 4.15. The molecule has 0 unspecified atom stereocenters. The largest absolute Gasteiger partial charge is 0.353 e. The van der Waals surface area contributed by atoms with E-state index in [9.17, 15) is 14.0 Å². The summed E-state index contributed by atoms with van der Waals surface area (Å²) in [4.78, 5) is 32.5. The second-order valence-corrected chi connectivity index (χ2v) is 10.1. The average molecular weight is 611 g/mol. The standard InChI is InChI=1S/C28H36FN7O3.2ClH/c1-18(2)30-10-11-31-26(37)16-35(25-13-21(7-6-19(25)3)28-32-20(4)33-39-28)17-27(38)34(5)36-14-22-8-9-24(29)12-23(22)15-36;;/h6-9,12-13,18,30H,10-11,14-17H2,1-5H3,(H,31,37);2*1H. The van der Waals surface area contributed by atoms with Crippen LogP contribution in [0.1, 0.15) is 36.4 Å². The number of fused-ring (bicyclic) bond motifs is 1. The SMILES string of the molecule is Cc1noc(-c2ccc(C)c(N(CC(=O)NCCNC(C)C)CC(=O)N(C)N3Cc4ccc(F)cc4C3)c2)n1.Cl.Cl. The van der Waals surface area contributed by atoms with Crippen molar-refractivity contribution in [2.45, 2.75) is 46.8 Å². The van der Waals surface area contributed by atoms with Crippen molar-refractivity contribution in [2.75, 3.05) is 38.1 Å². The molecule has 0 atom stereocenters. The molecule has 224 valence electrons. The number of nitrogens with one attached hydrogen (secondary N) is 2. The zero-order chi connectivity index (χ0) is 28.1. The van der Waals surface area contributed by atoms with Crippen LogP contribution in [0, 0.1) is 19.7 Å². The number of amides is 2. The third-order valence-corrected chi connectivity index (χ3v) is 6.64. The van der Waals surface area contributed by atoms with E-state index in [4.69, 9.17) is 4.52 Å². The van der Waals surface area contributed by atoms with Gasteiger partial charge in [-0.2, -0.15) is 4.98 Å². The van der Waals surface area contributed by atoms with Gasteiger partial charge in [-0.3, -0.25) is 14.6 Å². The van der Waals surface area contributed by atoms with E-state index in [0.717, 1.165) is 16.7 Å². The molecule has 1 aliphatic rings. The molecule has 0 spiro atoms. The molecule has 2 heterocycles. The maximum Gasteiger partial charge on any atom is 0.257 e. The van der Waals surface area contributed by atoms with Gasteiger partial charge in [0.25, 0.3) is 11.8 Å². The molecule has 0 radical (unpaired) electrons. The molecule has 2 aromatic carbocycles. The monoisotopic (exact) mass is 609 g/mol. The lowest BCUT2D eigenvalue weighted by Gasteiger charge is -2.32. The normalized spacial score (nSPS) is 12.4. The molecule has 4 rings (SSSR count). The molecule has 0 aliphatic carbocycles. The number of hydrogen-bond acceptors (Lipinski definition) is 8. The summed E-state index contributed by atoms with van der Waals surface area (Å²) in [6.45, 7) is 9.76. The first-order valence-electron chi connectivity index (χ1n) is 13.1. The molecular formula is C28H38Cl2FN7O3. The van der Waals surface area contributed by atoms with E-state index in [0.29, 0.717) is 55.2 Å². The number of carbonyl (C=O) groups is 2. The Hall–Kier alpha value is -3.25. The van der Waals surface area contributed by atoms with Crippen LogP contribution in [0.25, 0.3) is 11.5 Å². The number of benzene rings is 2. The number of carbonyl (C=O) groups excluding carboxylic acids is 2. The molecule has 1 aliphatic heterocycles. The molecule has 0 saturated heterocycles. The first-order valence-corrected chi connectivity index (χ1v) is 13.1. The van der Waals surface area contributed by atoms with Crippen molar-refractivity contribution in [1.82, 2.24) is 30.8 Å². The Morgan fingerprint density at radius 2 is 1.78 bits per heavy atom. The fourth-order valence-corrected chi connectivity index (χ4v) is 4.50. The van der Waals surface area contributed by atoms with Gasteiger partial charge in [-0.05, 0) is 54.8 Å². The van der Waals surface area contributed by atoms with Crippen LogP contribution < -0.4 is 15.5 Å². The van der Waals surface area contributed by atoms with E-state index in [1.54, 1.807) is 29.9 Å². The molecule has 3 aromatic rings. The Morgan fingerprint density at radius 3 is 2.46 bits per heavy atom. The Bertz CT molecular complexity index is 1340. The predicted molar refractivity (Wildman–Crippen MR) is 160 cm³/mol. The fourth-order valence-electron chi connectivity index (χ4n) is 4.50. The Kier molecular flexibility index (Phi) is 12.5. The van der Waals surface area contributed by atoms with Crippen LogP contribution in [0.15, 0.2) is 40.9 Å². The van der Waals surface area contributed by atoms with Gasteiger partial charge >= 0.3 is 0 Å². The van der Waals surface area contributed by atoms with E-state index < -0.39 is 0 Å². The van der Waals surface area contributed by atoms with Crippen molar-refractivity contribution < 1.29 is 18.5 Å². The summed E-state index contributed by atoms with van der Waals surface area (Å²) in [6, 6.07) is 10.6. The van der Waals surface area contributed by atoms with Crippen molar-refractivity contribution in [3.63, 3.8) is 0 Å². The first-order chi connectivity index (χ1) is 18.6. The van der Waals surface area contributed by atoms with Crippen molar-refractivity contribution in [2.24, 2.45) is 0 Å². The summed E-state index contributed by atoms with van der Waals surface area (Å²) in [5.74, 6) is 0.191. The van der Waals surface area contributed by atoms with Gasteiger partial charge in [0.1, 0.15) is 5.82 Å². The third kappa shape index (κ3) is 8.87. The minimum absolute atomic E-state index is 0. The van der Waals surface area contributed by atoms with Gasteiger partial charge in [0, 0.05) is 50.5 Å². The van der Waals surface area contributed by atoms with Gasteiger partial charge in [0.05, 0.1) is 13.1 Å². The lowest BCUT2D eigenvalue weighted by molar-refractivity contribution is -0.145. The number of halogens is 3. The maximum atomic E-state index is 13.7. The average Bonchev–Trinajstić information content (AvgIpc) is 3.51. The van der Waals surface area contributed by atoms with Gasteiger partial charge in [-0.15, -0.1) is 24.8 Å². The molecule has 13 heteroatoms. The number of aromatic nitrogens is 2. The van der Waals surface area contributed by atoms with Crippen LogP contribution >= 0.6 is 24.8 Å². The first kappa shape index (κ1) is 34.0. The number of hydrogen-bond donors (Lipinski definition) is 2. The molecule has 2 N–H and O–H groups in total. The van der Waals surface area contributed by atoms with E-state index in [-0.39, 0.29) is 55.5 Å². The summed E-state index contributed by atoms with van der Waals surface area (Å²) < 4.78 is 19.1. The minimum Gasteiger partial charge on any atom is -0.353 e.